The summed E-state index contributed by atoms with van der Waals surface area (Å²) in [7, 11) is 0. The Balaban J connectivity index is 1.76. The number of nitrogens with zero attached hydrogens (tertiary/aromatic N) is 1. The summed E-state index contributed by atoms with van der Waals surface area (Å²) in [6, 6.07) is 0.0729. The van der Waals surface area contributed by atoms with E-state index in [-0.39, 0.29) is 17.9 Å². The first kappa shape index (κ1) is 15.3. The number of carbonyl (C=O) groups excluding carboxylic acids is 1. The first-order valence-corrected chi connectivity index (χ1v) is 8.10. The highest BCUT2D eigenvalue weighted by atomic mass is 16.4. The van der Waals surface area contributed by atoms with E-state index in [1.165, 1.54) is 32.1 Å². The molecule has 4 nitrogen and oxygen atoms in total. The Bertz CT molecular complexity index is 350. The number of rotatable bonds is 4. The number of hydrogen-bond donors (Lipinski definition) is 1. The second-order valence-electron chi connectivity index (χ2n) is 6.54. The molecule has 114 valence electrons. The largest absolute Gasteiger partial charge is 0.481 e. The lowest BCUT2D eigenvalue weighted by molar-refractivity contribution is -0.147. The topological polar surface area (TPSA) is 57.6 Å². The number of carbonyl (C=O) groups is 2. The Kier molecular flexibility index (Phi) is 5.44. The van der Waals surface area contributed by atoms with Gasteiger partial charge in [0.25, 0.3) is 0 Å². The number of carboxylic acids is 1. The average Bonchev–Trinajstić information content (AvgIpc) is 2.45. The van der Waals surface area contributed by atoms with Crippen LogP contribution in [-0.2, 0) is 9.59 Å². The van der Waals surface area contributed by atoms with E-state index in [2.05, 4.69) is 0 Å². The van der Waals surface area contributed by atoms with Crippen LogP contribution in [0.3, 0.4) is 0 Å². The van der Waals surface area contributed by atoms with Crippen LogP contribution in [0.4, 0.5) is 0 Å². The quantitative estimate of drug-likeness (QED) is 0.861. The molecule has 1 amide bonds. The van der Waals surface area contributed by atoms with Crippen molar-refractivity contribution in [2.24, 2.45) is 11.8 Å². The fraction of sp³-hybridized carbons (Fsp3) is 0.875. The molecule has 0 radical (unpaired) electrons. The van der Waals surface area contributed by atoms with E-state index >= 15 is 0 Å². The number of aliphatic carboxylic acids is 1. The van der Waals surface area contributed by atoms with Crippen LogP contribution in [0.2, 0.25) is 0 Å². The molecule has 2 fully saturated rings. The van der Waals surface area contributed by atoms with Crippen LogP contribution < -0.4 is 0 Å². The lowest BCUT2D eigenvalue weighted by Crippen LogP contribution is -2.46. The maximum Gasteiger partial charge on any atom is 0.306 e. The molecule has 1 aliphatic heterocycles. The molecule has 1 heterocycles. The Hall–Kier alpha value is -1.06. The number of carboxylic acid groups (broad SMARTS) is 1. The smallest absolute Gasteiger partial charge is 0.306 e. The zero-order chi connectivity index (χ0) is 14.5. The first-order chi connectivity index (χ1) is 9.58. The van der Waals surface area contributed by atoms with Gasteiger partial charge in [0, 0.05) is 19.0 Å². The van der Waals surface area contributed by atoms with Crippen molar-refractivity contribution in [1.29, 1.82) is 0 Å². The van der Waals surface area contributed by atoms with Gasteiger partial charge < -0.3 is 10.0 Å². The fourth-order valence-corrected chi connectivity index (χ4v) is 3.71. The molecule has 1 saturated heterocycles. The van der Waals surface area contributed by atoms with Crippen LogP contribution in [0.5, 0.6) is 0 Å². The van der Waals surface area contributed by atoms with Crippen LogP contribution in [0.25, 0.3) is 0 Å². The van der Waals surface area contributed by atoms with E-state index in [9.17, 15) is 9.59 Å². The lowest BCUT2D eigenvalue weighted by atomic mass is 9.85. The molecule has 2 unspecified atom stereocenters. The summed E-state index contributed by atoms with van der Waals surface area (Å²) < 4.78 is 0. The number of amides is 1. The second-order valence-corrected chi connectivity index (χ2v) is 6.54. The third kappa shape index (κ3) is 3.97. The van der Waals surface area contributed by atoms with E-state index in [0.717, 1.165) is 12.3 Å². The molecule has 0 bridgehead atoms. The van der Waals surface area contributed by atoms with Crippen molar-refractivity contribution >= 4 is 11.9 Å². The van der Waals surface area contributed by atoms with Gasteiger partial charge in [0.2, 0.25) is 5.91 Å². The predicted molar refractivity (Wildman–Crippen MR) is 77.3 cm³/mol. The Morgan fingerprint density at radius 1 is 1.15 bits per heavy atom. The van der Waals surface area contributed by atoms with Crippen LogP contribution >= 0.6 is 0 Å². The second kappa shape index (κ2) is 7.09. The van der Waals surface area contributed by atoms with Gasteiger partial charge in [0.15, 0.2) is 0 Å². The fourth-order valence-electron chi connectivity index (χ4n) is 3.71. The zero-order valence-corrected chi connectivity index (χ0v) is 12.5. The molecule has 2 aliphatic rings. The summed E-state index contributed by atoms with van der Waals surface area (Å²) in [5.41, 5.74) is 0. The minimum atomic E-state index is -0.717. The van der Waals surface area contributed by atoms with Gasteiger partial charge in [0.1, 0.15) is 0 Å². The highest BCUT2D eigenvalue weighted by molar-refractivity contribution is 5.77. The molecule has 2 rings (SSSR count). The summed E-state index contributed by atoms with van der Waals surface area (Å²) in [4.78, 5) is 25.2. The van der Waals surface area contributed by atoms with Crippen molar-refractivity contribution in [3.05, 3.63) is 0 Å². The molecule has 1 N–H and O–H groups in total. The van der Waals surface area contributed by atoms with E-state index in [1.807, 2.05) is 11.8 Å². The Morgan fingerprint density at radius 3 is 2.45 bits per heavy atom. The van der Waals surface area contributed by atoms with E-state index in [0.29, 0.717) is 25.8 Å². The number of likely N-dealkylation sites (tertiary alicyclic amines) is 1. The van der Waals surface area contributed by atoms with Crippen molar-refractivity contribution in [1.82, 2.24) is 4.90 Å². The molecule has 0 aromatic carbocycles. The van der Waals surface area contributed by atoms with Crippen molar-refractivity contribution in [2.75, 3.05) is 6.54 Å². The summed E-state index contributed by atoms with van der Waals surface area (Å²) >= 11 is 0. The minimum absolute atomic E-state index is 0.0729. The summed E-state index contributed by atoms with van der Waals surface area (Å²) in [6.45, 7) is 2.59. The molecule has 1 aliphatic carbocycles. The molecule has 20 heavy (non-hydrogen) atoms. The summed E-state index contributed by atoms with van der Waals surface area (Å²) in [5.74, 6) is -0.0231. The molecular weight excluding hydrogens is 254 g/mol. The highest BCUT2D eigenvalue weighted by Gasteiger charge is 2.32. The van der Waals surface area contributed by atoms with Gasteiger partial charge in [-0.1, -0.05) is 32.1 Å². The van der Waals surface area contributed by atoms with E-state index in [4.69, 9.17) is 5.11 Å². The van der Waals surface area contributed by atoms with Crippen LogP contribution in [0, 0.1) is 11.8 Å². The van der Waals surface area contributed by atoms with Crippen LogP contribution in [-0.4, -0.2) is 34.5 Å². The third-order valence-electron chi connectivity index (χ3n) is 5.04. The Morgan fingerprint density at radius 2 is 1.85 bits per heavy atom. The van der Waals surface area contributed by atoms with Gasteiger partial charge in [-0.05, 0) is 32.1 Å². The van der Waals surface area contributed by atoms with Crippen LogP contribution in [0.1, 0.15) is 64.7 Å². The van der Waals surface area contributed by atoms with E-state index < -0.39 is 5.97 Å². The average molecular weight is 281 g/mol. The lowest BCUT2D eigenvalue weighted by Gasteiger charge is -2.36. The molecule has 4 heteroatoms. The normalized spacial score (nSPS) is 28.4. The van der Waals surface area contributed by atoms with Crippen LogP contribution in [0.15, 0.2) is 0 Å². The Labute approximate surface area is 121 Å². The van der Waals surface area contributed by atoms with Gasteiger partial charge in [-0.2, -0.15) is 0 Å². The molecular formula is C16H27NO3. The molecule has 0 aromatic rings. The van der Waals surface area contributed by atoms with Gasteiger partial charge in [-0.3, -0.25) is 9.59 Å². The SMILES string of the molecule is CC1CC(C(=O)O)CCN1C(=O)CCC1CCCCC1. The maximum atomic E-state index is 12.3. The molecule has 1 saturated carbocycles. The van der Waals surface area contributed by atoms with Crippen molar-refractivity contribution < 1.29 is 14.7 Å². The molecule has 0 spiro atoms. The van der Waals surface area contributed by atoms with Gasteiger partial charge in [0.05, 0.1) is 5.92 Å². The number of piperidine rings is 1. The number of hydrogen-bond acceptors (Lipinski definition) is 2. The van der Waals surface area contributed by atoms with Gasteiger partial charge >= 0.3 is 5.97 Å². The highest BCUT2D eigenvalue weighted by Crippen LogP contribution is 2.29. The minimum Gasteiger partial charge on any atom is -0.481 e. The van der Waals surface area contributed by atoms with Gasteiger partial charge in [-0.25, -0.2) is 0 Å². The molecule has 2 atom stereocenters. The summed E-state index contributed by atoms with van der Waals surface area (Å²) in [5, 5.41) is 9.05. The third-order valence-corrected chi connectivity index (χ3v) is 5.04. The van der Waals surface area contributed by atoms with Gasteiger partial charge in [-0.15, -0.1) is 0 Å². The van der Waals surface area contributed by atoms with E-state index in [1.54, 1.807) is 0 Å². The van der Waals surface area contributed by atoms with Crippen molar-refractivity contribution in [3.63, 3.8) is 0 Å². The standard InChI is InChI=1S/C16H27NO3/c1-12-11-14(16(19)20)9-10-17(12)15(18)8-7-13-5-3-2-4-6-13/h12-14H,2-11H2,1H3,(H,19,20). The molecule has 0 aromatic heterocycles. The zero-order valence-electron chi connectivity index (χ0n) is 12.5. The van der Waals surface area contributed by atoms with Crippen molar-refractivity contribution in [3.8, 4) is 0 Å². The maximum absolute atomic E-state index is 12.3. The predicted octanol–water partition coefficient (Wildman–Crippen LogP) is 3.06. The van der Waals surface area contributed by atoms with Crippen molar-refractivity contribution in [2.45, 2.75) is 70.8 Å². The summed E-state index contributed by atoms with van der Waals surface area (Å²) in [6.07, 6.45) is 9.42. The first-order valence-electron chi connectivity index (χ1n) is 8.10. The monoisotopic (exact) mass is 281 g/mol.